The van der Waals surface area contributed by atoms with E-state index in [1.165, 1.54) is 0 Å². The zero-order valence-electron chi connectivity index (χ0n) is 10.3. The summed E-state index contributed by atoms with van der Waals surface area (Å²) in [6.07, 6.45) is 3.43. The first-order chi connectivity index (χ1) is 7.59. The highest BCUT2D eigenvalue weighted by atomic mass is 16.1. The Balaban J connectivity index is 2.37. The number of pyridine rings is 1. The maximum Gasteiger partial charge on any atom is 0.186 e. The standard InChI is InChI=1S/C12H21N3O/c1-10(2)14-6-7-15(3)9-11-8-13-5-4-12(11)16/h4-5,8,10,14H,6-7,9H2,1-3H3,(H,13,16). The van der Waals surface area contributed by atoms with Crippen molar-refractivity contribution in [3.05, 3.63) is 34.2 Å². The molecule has 0 unspecified atom stereocenters. The summed E-state index contributed by atoms with van der Waals surface area (Å²) in [5.41, 5.74) is 0.914. The summed E-state index contributed by atoms with van der Waals surface area (Å²) in [5.74, 6) is 0. The van der Waals surface area contributed by atoms with Crippen LogP contribution in [0.1, 0.15) is 19.4 Å². The number of rotatable bonds is 6. The maximum absolute atomic E-state index is 11.5. The Morgan fingerprint density at radius 3 is 2.88 bits per heavy atom. The zero-order valence-corrected chi connectivity index (χ0v) is 10.3. The van der Waals surface area contributed by atoms with Crippen molar-refractivity contribution in [1.29, 1.82) is 0 Å². The molecular formula is C12H21N3O. The van der Waals surface area contributed by atoms with E-state index in [1.54, 1.807) is 18.5 Å². The molecule has 90 valence electrons. The number of H-pyrrole nitrogens is 1. The topological polar surface area (TPSA) is 48.1 Å². The Kier molecular flexibility index (Phi) is 5.22. The number of nitrogens with zero attached hydrogens (tertiary/aromatic N) is 1. The summed E-state index contributed by atoms with van der Waals surface area (Å²) in [7, 11) is 2.02. The number of hydrogen-bond donors (Lipinski definition) is 2. The monoisotopic (exact) mass is 223 g/mol. The van der Waals surface area contributed by atoms with Gasteiger partial charge in [-0.05, 0) is 7.05 Å². The number of hydrogen-bond acceptors (Lipinski definition) is 3. The van der Waals surface area contributed by atoms with Gasteiger partial charge in [-0.3, -0.25) is 4.79 Å². The lowest BCUT2D eigenvalue weighted by atomic mass is 10.2. The summed E-state index contributed by atoms with van der Waals surface area (Å²) in [4.78, 5) is 16.6. The van der Waals surface area contributed by atoms with E-state index in [4.69, 9.17) is 0 Å². The fourth-order valence-electron chi connectivity index (χ4n) is 1.49. The van der Waals surface area contributed by atoms with E-state index >= 15 is 0 Å². The highest BCUT2D eigenvalue weighted by molar-refractivity contribution is 5.08. The second-order valence-electron chi connectivity index (χ2n) is 4.38. The van der Waals surface area contributed by atoms with Gasteiger partial charge in [0.15, 0.2) is 5.43 Å². The predicted octanol–water partition coefficient (Wildman–Crippen LogP) is 0.805. The fourth-order valence-corrected chi connectivity index (χ4v) is 1.49. The first kappa shape index (κ1) is 12.9. The van der Waals surface area contributed by atoms with Gasteiger partial charge < -0.3 is 15.2 Å². The lowest BCUT2D eigenvalue weighted by molar-refractivity contribution is 0.319. The Morgan fingerprint density at radius 2 is 2.25 bits per heavy atom. The van der Waals surface area contributed by atoms with Crippen molar-refractivity contribution < 1.29 is 0 Å². The van der Waals surface area contributed by atoms with E-state index in [0.29, 0.717) is 12.6 Å². The van der Waals surface area contributed by atoms with Crippen molar-refractivity contribution in [3.63, 3.8) is 0 Å². The third-order valence-electron chi connectivity index (χ3n) is 2.39. The average molecular weight is 223 g/mol. The van der Waals surface area contributed by atoms with Crippen LogP contribution in [-0.4, -0.2) is 36.1 Å². The molecule has 4 heteroatoms. The summed E-state index contributed by atoms with van der Waals surface area (Å²) in [6, 6.07) is 2.07. The van der Waals surface area contributed by atoms with Crippen molar-refractivity contribution in [3.8, 4) is 0 Å². The normalized spacial score (nSPS) is 11.3. The Hall–Kier alpha value is -1.13. The Bertz CT molecular complexity index is 359. The molecule has 1 rings (SSSR count). The smallest absolute Gasteiger partial charge is 0.186 e. The third kappa shape index (κ3) is 4.59. The van der Waals surface area contributed by atoms with E-state index < -0.39 is 0 Å². The van der Waals surface area contributed by atoms with Gasteiger partial charge in [-0.1, -0.05) is 13.8 Å². The molecule has 0 aliphatic rings. The molecule has 1 heterocycles. The molecule has 0 bridgehead atoms. The quantitative estimate of drug-likeness (QED) is 0.750. The van der Waals surface area contributed by atoms with Crippen LogP contribution in [0.2, 0.25) is 0 Å². The second kappa shape index (κ2) is 6.45. The zero-order chi connectivity index (χ0) is 12.0. The number of aromatic nitrogens is 1. The van der Waals surface area contributed by atoms with Gasteiger partial charge >= 0.3 is 0 Å². The molecule has 0 aliphatic heterocycles. The summed E-state index contributed by atoms with van der Waals surface area (Å²) < 4.78 is 0. The molecule has 0 atom stereocenters. The largest absolute Gasteiger partial charge is 0.367 e. The number of nitrogens with one attached hydrogen (secondary N) is 2. The van der Waals surface area contributed by atoms with Gasteiger partial charge in [0, 0.05) is 49.7 Å². The van der Waals surface area contributed by atoms with Crippen LogP contribution in [0.15, 0.2) is 23.3 Å². The molecule has 0 aliphatic carbocycles. The van der Waals surface area contributed by atoms with Gasteiger partial charge in [-0.25, -0.2) is 0 Å². The van der Waals surface area contributed by atoms with Crippen LogP contribution in [0, 0.1) is 0 Å². The van der Waals surface area contributed by atoms with E-state index in [9.17, 15) is 4.79 Å². The number of aromatic amines is 1. The summed E-state index contributed by atoms with van der Waals surface area (Å²) in [6.45, 7) is 6.82. The van der Waals surface area contributed by atoms with Crippen LogP contribution in [0.25, 0.3) is 0 Å². The summed E-state index contributed by atoms with van der Waals surface area (Å²) in [5, 5.41) is 3.35. The molecule has 1 aromatic heterocycles. The van der Waals surface area contributed by atoms with Gasteiger partial charge in [-0.15, -0.1) is 0 Å². The molecule has 0 radical (unpaired) electrons. The van der Waals surface area contributed by atoms with Gasteiger partial charge in [0.1, 0.15) is 0 Å². The first-order valence-electron chi connectivity index (χ1n) is 5.67. The molecule has 0 saturated carbocycles. The lowest BCUT2D eigenvalue weighted by Gasteiger charge is -2.17. The second-order valence-corrected chi connectivity index (χ2v) is 4.38. The molecule has 2 N–H and O–H groups in total. The minimum Gasteiger partial charge on any atom is -0.367 e. The molecule has 0 spiro atoms. The summed E-state index contributed by atoms with van der Waals surface area (Å²) >= 11 is 0. The lowest BCUT2D eigenvalue weighted by Crippen LogP contribution is -2.33. The van der Waals surface area contributed by atoms with Gasteiger partial charge in [0.2, 0.25) is 0 Å². The van der Waals surface area contributed by atoms with Crippen molar-refractivity contribution in [2.45, 2.75) is 26.4 Å². The molecule has 0 fully saturated rings. The van der Waals surface area contributed by atoms with E-state index in [1.807, 2.05) is 7.05 Å². The third-order valence-corrected chi connectivity index (χ3v) is 2.39. The molecule has 0 aromatic carbocycles. The van der Waals surface area contributed by atoms with Gasteiger partial charge in [0.25, 0.3) is 0 Å². The molecule has 0 saturated heterocycles. The van der Waals surface area contributed by atoms with Crippen molar-refractivity contribution in [2.75, 3.05) is 20.1 Å². The van der Waals surface area contributed by atoms with E-state index in [2.05, 4.69) is 29.0 Å². The molecule has 0 amide bonds. The van der Waals surface area contributed by atoms with Gasteiger partial charge in [-0.2, -0.15) is 0 Å². The molecule has 16 heavy (non-hydrogen) atoms. The van der Waals surface area contributed by atoms with Crippen LogP contribution in [0.3, 0.4) is 0 Å². The first-order valence-corrected chi connectivity index (χ1v) is 5.67. The van der Waals surface area contributed by atoms with Crippen molar-refractivity contribution >= 4 is 0 Å². The predicted molar refractivity (Wildman–Crippen MR) is 66.5 cm³/mol. The van der Waals surface area contributed by atoms with Crippen LogP contribution >= 0.6 is 0 Å². The van der Waals surface area contributed by atoms with Crippen LogP contribution in [0.5, 0.6) is 0 Å². The van der Waals surface area contributed by atoms with Gasteiger partial charge in [0.05, 0.1) is 0 Å². The van der Waals surface area contributed by atoms with E-state index in [0.717, 1.165) is 18.7 Å². The minimum atomic E-state index is 0.0995. The van der Waals surface area contributed by atoms with Crippen LogP contribution in [0.4, 0.5) is 0 Å². The fraction of sp³-hybridized carbons (Fsp3) is 0.583. The van der Waals surface area contributed by atoms with Crippen LogP contribution < -0.4 is 10.7 Å². The van der Waals surface area contributed by atoms with E-state index in [-0.39, 0.29) is 5.43 Å². The number of likely N-dealkylation sites (N-methyl/N-ethyl adjacent to an activating group) is 1. The Labute approximate surface area is 96.7 Å². The maximum atomic E-state index is 11.5. The molecule has 1 aromatic rings. The van der Waals surface area contributed by atoms with Crippen LogP contribution in [-0.2, 0) is 6.54 Å². The molecule has 4 nitrogen and oxygen atoms in total. The van der Waals surface area contributed by atoms with Crippen molar-refractivity contribution in [2.24, 2.45) is 0 Å². The highest BCUT2D eigenvalue weighted by Gasteiger charge is 2.03. The Morgan fingerprint density at radius 1 is 1.50 bits per heavy atom. The van der Waals surface area contributed by atoms with Crippen molar-refractivity contribution in [1.82, 2.24) is 15.2 Å². The average Bonchev–Trinajstić information content (AvgIpc) is 2.21. The SMILES string of the molecule is CC(C)NCCN(C)Cc1c[nH]ccc1=O. The minimum absolute atomic E-state index is 0.0995. The molecular weight excluding hydrogens is 202 g/mol. The highest BCUT2D eigenvalue weighted by Crippen LogP contribution is 1.94.